The Morgan fingerprint density at radius 1 is 1.48 bits per heavy atom. The number of aromatic nitrogens is 3. The van der Waals surface area contributed by atoms with E-state index in [1.54, 1.807) is 20.2 Å². The summed E-state index contributed by atoms with van der Waals surface area (Å²) in [6, 6.07) is 5.47. The molecular formula is C13H14N4O3S. The molecule has 7 nitrogen and oxygen atoms in total. The lowest BCUT2D eigenvalue weighted by Crippen LogP contribution is -2.08. The number of fused-ring (bicyclic) bond motifs is 1. The van der Waals surface area contributed by atoms with Crippen LogP contribution in [0.25, 0.3) is 11.1 Å². The summed E-state index contributed by atoms with van der Waals surface area (Å²) in [6.07, 6.45) is 0.682. The largest absolute Gasteiger partial charge is 0.419 e. The molecule has 8 heteroatoms. The van der Waals surface area contributed by atoms with E-state index in [1.165, 1.54) is 16.1 Å². The molecular weight excluding hydrogens is 292 g/mol. The van der Waals surface area contributed by atoms with Crippen LogP contribution in [0.2, 0.25) is 0 Å². The second-order valence-corrected chi connectivity index (χ2v) is 5.24. The lowest BCUT2D eigenvalue weighted by Gasteiger charge is -2.01. The monoisotopic (exact) mass is 306 g/mol. The van der Waals surface area contributed by atoms with Crippen molar-refractivity contribution in [2.45, 2.75) is 6.42 Å². The molecule has 0 radical (unpaired) electrons. The van der Waals surface area contributed by atoms with Crippen LogP contribution in [0, 0.1) is 0 Å². The first-order chi connectivity index (χ1) is 10.2. The highest BCUT2D eigenvalue weighted by molar-refractivity contribution is 7.09. The van der Waals surface area contributed by atoms with Crippen molar-refractivity contribution in [1.29, 1.82) is 0 Å². The van der Waals surface area contributed by atoms with Crippen molar-refractivity contribution >= 4 is 33.5 Å². The summed E-state index contributed by atoms with van der Waals surface area (Å²) in [5.41, 5.74) is 2.09. The number of nitrogens with zero attached hydrogens (tertiary/aromatic N) is 3. The number of hydrogen-bond donors (Lipinski definition) is 1. The van der Waals surface area contributed by atoms with Crippen LogP contribution in [0.15, 0.2) is 27.4 Å². The summed E-state index contributed by atoms with van der Waals surface area (Å²) >= 11 is 1.28. The van der Waals surface area contributed by atoms with Crippen LogP contribution in [0.5, 0.6) is 0 Å². The van der Waals surface area contributed by atoms with Gasteiger partial charge in [0, 0.05) is 43.9 Å². The number of ether oxygens (including phenoxy) is 1. The van der Waals surface area contributed by atoms with Crippen LogP contribution in [0.4, 0.5) is 10.8 Å². The van der Waals surface area contributed by atoms with Gasteiger partial charge in [0.1, 0.15) is 5.82 Å². The van der Waals surface area contributed by atoms with E-state index in [0.717, 1.165) is 17.0 Å². The SMILES string of the molecule is COCCc1nsc(Nc2ccc3c(c2)oc(=O)n3C)n1. The molecule has 21 heavy (non-hydrogen) atoms. The van der Waals surface area contributed by atoms with Gasteiger partial charge in [0.25, 0.3) is 0 Å². The van der Waals surface area contributed by atoms with Crippen LogP contribution in [-0.4, -0.2) is 27.6 Å². The Labute approximate surface area is 124 Å². The molecule has 110 valence electrons. The van der Waals surface area contributed by atoms with Gasteiger partial charge in [-0.15, -0.1) is 0 Å². The van der Waals surface area contributed by atoms with Crippen molar-refractivity contribution in [3.63, 3.8) is 0 Å². The molecule has 0 unspecified atom stereocenters. The molecule has 0 aliphatic carbocycles. The lowest BCUT2D eigenvalue weighted by atomic mass is 10.3. The Balaban J connectivity index is 1.81. The predicted molar refractivity (Wildman–Crippen MR) is 80.2 cm³/mol. The summed E-state index contributed by atoms with van der Waals surface area (Å²) in [7, 11) is 3.32. The number of hydrogen-bond acceptors (Lipinski definition) is 7. The molecule has 0 amide bonds. The maximum Gasteiger partial charge on any atom is 0.419 e. The smallest absolute Gasteiger partial charge is 0.408 e. The summed E-state index contributed by atoms with van der Waals surface area (Å²) in [4.78, 5) is 15.8. The zero-order chi connectivity index (χ0) is 14.8. The Kier molecular flexibility index (Phi) is 3.72. The van der Waals surface area contributed by atoms with Crippen molar-refractivity contribution in [2.75, 3.05) is 19.0 Å². The molecule has 3 aromatic rings. The summed E-state index contributed by atoms with van der Waals surface area (Å²) in [6.45, 7) is 0.595. The number of methoxy groups -OCH3 is 1. The first-order valence-electron chi connectivity index (χ1n) is 6.35. The summed E-state index contributed by atoms with van der Waals surface area (Å²) in [5, 5.41) is 3.85. The topological polar surface area (TPSA) is 82.2 Å². The van der Waals surface area contributed by atoms with Gasteiger partial charge >= 0.3 is 5.76 Å². The van der Waals surface area contributed by atoms with E-state index >= 15 is 0 Å². The Morgan fingerprint density at radius 2 is 2.33 bits per heavy atom. The number of oxazole rings is 1. The molecule has 0 atom stereocenters. The van der Waals surface area contributed by atoms with E-state index in [2.05, 4.69) is 14.7 Å². The fourth-order valence-corrected chi connectivity index (χ4v) is 2.57. The third kappa shape index (κ3) is 2.81. The predicted octanol–water partition coefficient (Wildman–Crippen LogP) is 1.92. The van der Waals surface area contributed by atoms with Gasteiger partial charge in [-0.3, -0.25) is 4.57 Å². The minimum atomic E-state index is -0.375. The Morgan fingerprint density at radius 3 is 3.14 bits per heavy atom. The van der Waals surface area contributed by atoms with Crippen LogP contribution in [0.1, 0.15) is 5.82 Å². The van der Waals surface area contributed by atoms with E-state index in [9.17, 15) is 4.79 Å². The number of benzene rings is 1. The molecule has 1 N–H and O–H groups in total. The average molecular weight is 306 g/mol. The number of aryl methyl sites for hydroxylation is 1. The zero-order valence-electron chi connectivity index (χ0n) is 11.6. The van der Waals surface area contributed by atoms with Gasteiger partial charge in [-0.1, -0.05) is 0 Å². The fraction of sp³-hybridized carbons (Fsp3) is 0.308. The average Bonchev–Trinajstić information content (AvgIpc) is 3.02. The fourth-order valence-electron chi connectivity index (χ4n) is 1.93. The third-order valence-corrected chi connectivity index (χ3v) is 3.71. The van der Waals surface area contributed by atoms with Gasteiger partial charge in [0.05, 0.1) is 12.1 Å². The van der Waals surface area contributed by atoms with Gasteiger partial charge in [-0.2, -0.15) is 4.37 Å². The minimum Gasteiger partial charge on any atom is -0.408 e. The standard InChI is InChI=1S/C13H14N4O3S/c1-17-9-4-3-8(7-10(9)20-13(17)18)14-12-15-11(16-21-12)5-6-19-2/h3-4,7H,5-6H2,1-2H3,(H,14,15,16). The van der Waals surface area contributed by atoms with Crippen molar-refractivity contribution in [3.05, 3.63) is 34.6 Å². The van der Waals surface area contributed by atoms with E-state index in [0.29, 0.717) is 23.7 Å². The first-order valence-corrected chi connectivity index (χ1v) is 7.13. The molecule has 1 aromatic carbocycles. The zero-order valence-corrected chi connectivity index (χ0v) is 12.4. The van der Waals surface area contributed by atoms with Crippen LogP contribution >= 0.6 is 11.5 Å². The molecule has 0 saturated heterocycles. The number of rotatable bonds is 5. The molecule has 0 spiro atoms. The van der Waals surface area contributed by atoms with Gasteiger partial charge < -0.3 is 14.5 Å². The molecule has 0 aliphatic rings. The van der Waals surface area contributed by atoms with Crippen molar-refractivity contribution < 1.29 is 9.15 Å². The quantitative estimate of drug-likeness (QED) is 0.775. The van der Waals surface area contributed by atoms with Crippen molar-refractivity contribution in [2.24, 2.45) is 7.05 Å². The van der Waals surface area contributed by atoms with Gasteiger partial charge in [0.15, 0.2) is 5.58 Å². The second-order valence-electron chi connectivity index (χ2n) is 4.49. The van der Waals surface area contributed by atoms with Crippen LogP contribution in [-0.2, 0) is 18.2 Å². The van der Waals surface area contributed by atoms with Crippen LogP contribution in [0.3, 0.4) is 0 Å². The van der Waals surface area contributed by atoms with E-state index in [4.69, 9.17) is 9.15 Å². The third-order valence-electron chi connectivity index (χ3n) is 3.04. The minimum absolute atomic E-state index is 0.375. The van der Waals surface area contributed by atoms with E-state index in [1.807, 2.05) is 12.1 Å². The molecule has 2 aromatic heterocycles. The number of anilines is 2. The van der Waals surface area contributed by atoms with Gasteiger partial charge in [-0.05, 0) is 12.1 Å². The van der Waals surface area contributed by atoms with E-state index < -0.39 is 0 Å². The second kappa shape index (κ2) is 5.66. The van der Waals surface area contributed by atoms with E-state index in [-0.39, 0.29) is 5.76 Å². The maximum atomic E-state index is 11.5. The van der Waals surface area contributed by atoms with Gasteiger partial charge in [-0.25, -0.2) is 9.78 Å². The van der Waals surface area contributed by atoms with Crippen molar-refractivity contribution in [3.8, 4) is 0 Å². The highest BCUT2D eigenvalue weighted by Crippen LogP contribution is 2.22. The lowest BCUT2D eigenvalue weighted by molar-refractivity contribution is 0.201. The normalized spacial score (nSPS) is 11.1. The number of nitrogens with one attached hydrogen (secondary N) is 1. The van der Waals surface area contributed by atoms with Gasteiger partial charge in [0.2, 0.25) is 5.13 Å². The first kappa shape index (κ1) is 13.8. The van der Waals surface area contributed by atoms with Crippen LogP contribution < -0.4 is 11.1 Å². The Hall–Kier alpha value is -2.19. The summed E-state index contributed by atoms with van der Waals surface area (Å²) in [5.74, 6) is 0.372. The summed E-state index contributed by atoms with van der Waals surface area (Å²) < 4.78 is 15.9. The molecule has 0 saturated carbocycles. The highest BCUT2D eigenvalue weighted by atomic mass is 32.1. The highest BCUT2D eigenvalue weighted by Gasteiger charge is 2.08. The molecule has 0 bridgehead atoms. The molecule has 3 rings (SSSR count). The molecule has 0 fully saturated rings. The van der Waals surface area contributed by atoms with Crippen molar-refractivity contribution in [1.82, 2.24) is 13.9 Å². The molecule has 2 heterocycles. The molecule has 0 aliphatic heterocycles. The Bertz CT molecular complexity index is 820. The maximum absolute atomic E-state index is 11.5.